The van der Waals surface area contributed by atoms with E-state index in [1.165, 1.54) is 14.7 Å². The first-order valence-corrected chi connectivity index (χ1v) is 22.1. The molecule has 2 aromatic heterocycles. The first-order chi connectivity index (χ1) is 28.4. The predicted molar refractivity (Wildman–Crippen MR) is 229 cm³/mol. The van der Waals surface area contributed by atoms with Gasteiger partial charge in [0.15, 0.2) is 0 Å². The van der Waals surface area contributed by atoms with Crippen LogP contribution in [0.1, 0.15) is 72.6 Å². The maximum absolute atomic E-state index is 15.0. The minimum atomic E-state index is -2.56. The van der Waals surface area contributed by atoms with Crippen molar-refractivity contribution in [2.45, 2.75) is 82.9 Å². The van der Waals surface area contributed by atoms with Gasteiger partial charge in [0.05, 0.1) is 33.2 Å². The average Bonchev–Trinajstić information content (AvgIpc) is 3.80. The van der Waals surface area contributed by atoms with Crippen LogP contribution in [0.4, 0.5) is 10.1 Å². The highest BCUT2D eigenvalue weighted by Crippen LogP contribution is 2.34. The Morgan fingerprint density at radius 1 is 0.983 bits per heavy atom. The molecule has 1 amide bonds. The van der Waals surface area contributed by atoms with Crippen molar-refractivity contribution >= 4 is 38.1 Å². The molecular formula is C45H52FN7O5S. The van der Waals surface area contributed by atoms with Crippen LogP contribution in [0.2, 0.25) is 0 Å². The molecule has 8 rings (SSSR count). The van der Waals surface area contributed by atoms with Crippen molar-refractivity contribution in [1.82, 2.24) is 18.6 Å². The second-order valence-electron chi connectivity index (χ2n) is 15.7. The maximum atomic E-state index is 15.0. The third kappa shape index (κ3) is 7.57. The van der Waals surface area contributed by atoms with Crippen LogP contribution in [0, 0.1) is 19.7 Å². The summed E-state index contributed by atoms with van der Waals surface area (Å²) in [5, 5.41) is 1.00. The van der Waals surface area contributed by atoms with Gasteiger partial charge in [0.2, 0.25) is 0 Å². The Morgan fingerprint density at radius 3 is 2.34 bits per heavy atom. The summed E-state index contributed by atoms with van der Waals surface area (Å²) in [6, 6.07) is 18.1. The minimum Gasteiger partial charge on any atom is -0.402 e. The minimum absolute atomic E-state index is 0.0167. The largest absolute Gasteiger partial charge is 0.402 e. The number of carbonyl (C=O) groups excluding carboxylic acids is 1. The number of aryl methyl sites for hydroxylation is 2. The number of amides is 1. The second-order valence-corrected chi connectivity index (χ2v) is 18.4. The van der Waals surface area contributed by atoms with Crippen molar-refractivity contribution in [2.24, 2.45) is 15.1 Å². The molecule has 12 nitrogen and oxygen atoms in total. The molecule has 2 fully saturated rings. The van der Waals surface area contributed by atoms with Crippen LogP contribution in [0.3, 0.4) is 0 Å². The van der Waals surface area contributed by atoms with E-state index in [2.05, 4.69) is 27.1 Å². The second kappa shape index (κ2) is 16.4. The van der Waals surface area contributed by atoms with E-state index in [0.717, 1.165) is 43.4 Å². The summed E-state index contributed by atoms with van der Waals surface area (Å²) < 4.78 is 48.7. The molecule has 0 spiro atoms. The third-order valence-electron chi connectivity index (χ3n) is 12.2. The van der Waals surface area contributed by atoms with Gasteiger partial charge in [-0.3, -0.25) is 13.9 Å². The number of aliphatic imine (C=N–C) groups is 1. The molecule has 0 bridgehead atoms. The topological polar surface area (TPSA) is 138 Å². The van der Waals surface area contributed by atoms with Gasteiger partial charge in [-0.1, -0.05) is 13.0 Å². The van der Waals surface area contributed by atoms with E-state index in [9.17, 15) is 18.2 Å². The number of aromatic nitrogens is 3. The molecule has 2 saturated heterocycles. The van der Waals surface area contributed by atoms with Crippen molar-refractivity contribution in [3.05, 3.63) is 123 Å². The van der Waals surface area contributed by atoms with Crippen molar-refractivity contribution in [3.63, 3.8) is 0 Å². The molecular weight excluding hydrogens is 770 g/mol. The molecule has 2 N–H and O–H groups in total. The van der Waals surface area contributed by atoms with Crippen LogP contribution in [0.15, 0.2) is 103 Å². The van der Waals surface area contributed by atoms with E-state index in [-0.39, 0.29) is 23.7 Å². The van der Waals surface area contributed by atoms with Crippen LogP contribution >= 0.6 is 0 Å². The standard InChI is InChI=1S/C45H52FN7O5S/c1-6-59(56,48-5)37-10-8-35(9-11-37)51-18-19-52(45(51)55)43(49-34-23-28(2)42(46)29(3)24-34)41-30(4)50(17-13-38(41)47)44(54)40-26-33-25-32(31-14-20-57-21-15-31)7-12-39(33)53(40)27-36-16-22-58-36/h7-12,18-19,23-26,30-31,36H,6,13-17,20-22,27,47H2,1-5H3/t30-,36+,59+/m0/s1. The number of rotatable bonds is 9. The predicted octanol–water partition coefficient (Wildman–Crippen LogP) is 7.23. The number of nitrogens with two attached hydrogens (primary N) is 1. The Morgan fingerprint density at radius 2 is 1.69 bits per heavy atom. The molecule has 3 aliphatic rings. The molecule has 3 atom stereocenters. The Labute approximate surface area is 344 Å². The zero-order valence-electron chi connectivity index (χ0n) is 34.3. The fourth-order valence-electron chi connectivity index (χ4n) is 8.64. The molecule has 5 aromatic rings. The number of fused-ring (bicyclic) bond motifs is 1. The molecule has 3 aromatic carbocycles. The number of imidazole rings is 1. The van der Waals surface area contributed by atoms with Crippen molar-refractivity contribution in [2.75, 3.05) is 39.2 Å². The van der Waals surface area contributed by atoms with Gasteiger partial charge >= 0.3 is 5.69 Å². The van der Waals surface area contributed by atoms with Gasteiger partial charge in [-0.05, 0) is 117 Å². The van der Waals surface area contributed by atoms with E-state index in [1.807, 2.05) is 19.9 Å². The summed E-state index contributed by atoms with van der Waals surface area (Å²) in [6.45, 7) is 10.2. The number of hydrogen-bond acceptors (Lipinski definition) is 8. The summed E-state index contributed by atoms with van der Waals surface area (Å²) in [5.41, 5.74) is 12.1. The lowest BCUT2D eigenvalue weighted by atomic mass is 9.91. The van der Waals surface area contributed by atoms with Crippen LogP contribution in [0.5, 0.6) is 0 Å². The SMILES string of the molecule is CC[S@](=O)(=NC)c1ccc(-n2ccn(C(=Nc3cc(C)c(F)c(C)c3)C3=C(N)CCN(C(=O)c4cc5cc(C6CCOCC6)ccc5n4C[C@H]4CCO4)[C@H]3C)c2=O)cc1. The lowest BCUT2D eigenvalue weighted by Gasteiger charge is -2.37. The highest BCUT2D eigenvalue weighted by molar-refractivity contribution is 7.93. The number of carbonyl (C=O) groups is 1. The van der Waals surface area contributed by atoms with E-state index in [0.29, 0.717) is 82.1 Å². The smallest absolute Gasteiger partial charge is 0.338 e. The van der Waals surface area contributed by atoms with Gasteiger partial charge in [-0.15, -0.1) is 0 Å². The van der Waals surface area contributed by atoms with Crippen LogP contribution in [-0.2, 0) is 25.7 Å². The first-order valence-electron chi connectivity index (χ1n) is 20.4. The summed E-state index contributed by atoms with van der Waals surface area (Å²) >= 11 is 0. The molecule has 5 heterocycles. The lowest BCUT2D eigenvalue weighted by Crippen LogP contribution is -2.48. The van der Waals surface area contributed by atoms with Crippen LogP contribution in [0.25, 0.3) is 16.6 Å². The van der Waals surface area contributed by atoms with Crippen molar-refractivity contribution in [1.29, 1.82) is 0 Å². The molecule has 3 aliphatic heterocycles. The highest BCUT2D eigenvalue weighted by atomic mass is 32.2. The zero-order valence-corrected chi connectivity index (χ0v) is 35.1. The lowest BCUT2D eigenvalue weighted by molar-refractivity contribution is -0.0588. The molecule has 310 valence electrons. The van der Waals surface area contributed by atoms with E-state index in [1.54, 1.807) is 74.6 Å². The van der Waals surface area contributed by atoms with Crippen LogP contribution in [-0.4, -0.2) is 85.9 Å². The fourth-order valence-corrected chi connectivity index (χ4v) is 10.0. The number of benzene rings is 3. The quantitative estimate of drug-likeness (QED) is 0.123. The van der Waals surface area contributed by atoms with E-state index >= 15 is 0 Å². The summed E-state index contributed by atoms with van der Waals surface area (Å²) in [6.07, 6.45) is 6.48. The maximum Gasteiger partial charge on any atom is 0.338 e. The van der Waals surface area contributed by atoms with Gasteiger partial charge < -0.3 is 24.7 Å². The Bertz CT molecular complexity index is 2650. The molecule has 0 radical (unpaired) electrons. The van der Waals surface area contributed by atoms with Gasteiger partial charge in [0.1, 0.15) is 17.3 Å². The molecule has 59 heavy (non-hydrogen) atoms. The Hall–Kier alpha value is -5.31. The average molecular weight is 822 g/mol. The zero-order chi connectivity index (χ0) is 41.6. The molecule has 0 saturated carbocycles. The molecule has 0 unspecified atom stereocenters. The number of hydrogen-bond donors (Lipinski definition) is 1. The molecule has 0 aliphatic carbocycles. The van der Waals surface area contributed by atoms with Gasteiger partial charge in [0, 0.05) is 91.6 Å². The Kier molecular flexibility index (Phi) is 11.2. The van der Waals surface area contributed by atoms with E-state index < -0.39 is 21.5 Å². The number of nitrogens with zero attached hydrogens (tertiary/aromatic N) is 6. The van der Waals surface area contributed by atoms with Crippen molar-refractivity contribution < 1.29 is 22.9 Å². The number of ether oxygens (including phenoxy) is 2. The van der Waals surface area contributed by atoms with Crippen LogP contribution < -0.4 is 11.4 Å². The van der Waals surface area contributed by atoms with E-state index in [4.69, 9.17) is 20.2 Å². The van der Waals surface area contributed by atoms with Gasteiger partial charge in [-0.25, -0.2) is 22.7 Å². The summed E-state index contributed by atoms with van der Waals surface area (Å²) in [4.78, 5) is 36.8. The first kappa shape index (κ1) is 40.5. The molecule has 14 heteroatoms. The highest BCUT2D eigenvalue weighted by Gasteiger charge is 2.36. The monoisotopic (exact) mass is 821 g/mol. The van der Waals surface area contributed by atoms with Gasteiger partial charge in [0.25, 0.3) is 5.91 Å². The van der Waals surface area contributed by atoms with Crippen molar-refractivity contribution in [3.8, 4) is 5.69 Å². The summed E-state index contributed by atoms with van der Waals surface area (Å²) in [5.74, 6) is 0.519. The number of halogens is 1. The third-order valence-corrected chi connectivity index (χ3v) is 14.6. The Balaban J connectivity index is 1.20. The fraction of sp³-hybridized carbons (Fsp3) is 0.400. The van der Waals surface area contributed by atoms with Gasteiger partial charge in [-0.2, -0.15) is 0 Å². The summed E-state index contributed by atoms with van der Waals surface area (Å²) in [7, 11) is -1.02. The normalized spacial score (nSPS) is 20.2.